The maximum atomic E-state index is 12.6. The zero-order valence-electron chi connectivity index (χ0n) is 11.8. The number of hydrogen-bond acceptors (Lipinski definition) is 3. The second-order valence-corrected chi connectivity index (χ2v) is 5.35. The van der Waals surface area contributed by atoms with E-state index in [0.717, 1.165) is 42.7 Å². The zero-order chi connectivity index (χ0) is 13.9. The van der Waals surface area contributed by atoms with E-state index in [1.807, 2.05) is 36.1 Å². The van der Waals surface area contributed by atoms with Gasteiger partial charge in [0.25, 0.3) is 5.91 Å². The highest BCUT2D eigenvalue weighted by Gasteiger charge is 2.21. The molecule has 20 heavy (non-hydrogen) atoms. The van der Waals surface area contributed by atoms with Gasteiger partial charge in [0.05, 0.1) is 16.7 Å². The molecule has 0 radical (unpaired) electrons. The predicted molar refractivity (Wildman–Crippen MR) is 78.6 cm³/mol. The SMILES string of the molecule is Cc1nc2ccccc2nc1C(=O)N1CCCCCC1. The van der Waals surface area contributed by atoms with Gasteiger partial charge in [0, 0.05) is 13.1 Å². The van der Waals surface area contributed by atoms with Crippen LogP contribution in [0.15, 0.2) is 24.3 Å². The molecule has 0 bridgehead atoms. The third-order valence-electron chi connectivity index (χ3n) is 3.84. The molecule has 4 nitrogen and oxygen atoms in total. The summed E-state index contributed by atoms with van der Waals surface area (Å²) in [5.41, 5.74) is 2.86. The molecule has 0 unspecified atom stereocenters. The summed E-state index contributed by atoms with van der Waals surface area (Å²) in [4.78, 5) is 23.6. The van der Waals surface area contributed by atoms with Gasteiger partial charge in [-0.05, 0) is 31.9 Å². The molecular formula is C16H19N3O. The van der Waals surface area contributed by atoms with Crippen molar-refractivity contribution in [2.45, 2.75) is 32.6 Å². The van der Waals surface area contributed by atoms with Crippen LogP contribution < -0.4 is 0 Å². The first-order chi connectivity index (χ1) is 9.75. The minimum Gasteiger partial charge on any atom is -0.337 e. The molecule has 0 spiro atoms. The Balaban J connectivity index is 1.95. The molecule has 1 aromatic carbocycles. The van der Waals surface area contributed by atoms with E-state index < -0.39 is 0 Å². The van der Waals surface area contributed by atoms with Gasteiger partial charge in [-0.15, -0.1) is 0 Å². The van der Waals surface area contributed by atoms with Crippen LogP contribution in [-0.4, -0.2) is 33.9 Å². The van der Waals surface area contributed by atoms with Gasteiger partial charge in [-0.25, -0.2) is 9.97 Å². The van der Waals surface area contributed by atoms with Crippen LogP contribution in [0.5, 0.6) is 0 Å². The molecule has 1 aliphatic heterocycles. The summed E-state index contributed by atoms with van der Waals surface area (Å²) in [6, 6.07) is 7.69. The van der Waals surface area contributed by atoms with Gasteiger partial charge in [-0.1, -0.05) is 25.0 Å². The molecule has 0 saturated carbocycles. The van der Waals surface area contributed by atoms with E-state index >= 15 is 0 Å². The maximum absolute atomic E-state index is 12.6. The number of carbonyl (C=O) groups excluding carboxylic acids is 1. The Bertz CT molecular complexity index is 631. The average Bonchev–Trinajstić information content (AvgIpc) is 2.75. The zero-order valence-corrected chi connectivity index (χ0v) is 11.8. The van der Waals surface area contributed by atoms with Crippen molar-refractivity contribution in [3.05, 3.63) is 35.7 Å². The summed E-state index contributed by atoms with van der Waals surface area (Å²) in [5, 5.41) is 0. The van der Waals surface area contributed by atoms with Crippen molar-refractivity contribution in [1.82, 2.24) is 14.9 Å². The average molecular weight is 269 g/mol. The normalized spacial score (nSPS) is 16.1. The molecule has 1 amide bonds. The molecule has 4 heteroatoms. The van der Waals surface area contributed by atoms with E-state index in [1.54, 1.807) is 0 Å². The lowest BCUT2D eigenvalue weighted by Crippen LogP contribution is -2.33. The number of rotatable bonds is 1. The van der Waals surface area contributed by atoms with Gasteiger partial charge in [0.2, 0.25) is 0 Å². The fourth-order valence-electron chi connectivity index (χ4n) is 2.71. The van der Waals surface area contributed by atoms with Crippen molar-refractivity contribution >= 4 is 16.9 Å². The number of aromatic nitrogens is 2. The number of benzene rings is 1. The van der Waals surface area contributed by atoms with Crippen LogP contribution >= 0.6 is 0 Å². The smallest absolute Gasteiger partial charge is 0.274 e. The lowest BCUT2D eigenvalue weighted by atomic mass is 10.2. The van der Waals surface area contributed by atoms with Crippen LogP contribution in [0, 0.1) is 6.92 Å². The van der Waals surface area contributed by atoms with Crippen molar-refractivity contribution < 1.29 is 4.79 Å². The molecule has 1 fully saturated rings. The number of likely N-dealkylation sites (tertiary alicyclic amines) is 1. The minimum absolute atomic E-state index is 0.0302. The number of aryl methyl sites for hydroxylation is 1. The standard InChI is InChI=1S/C16H19N3O/c1-12-15(16(20)19-10-6-2-3-7-11-19)18-14-9-5-4-8-13(14)17-12/h4-5,8-9H,2-3,6-7,10-11H2,1H3. The fourth-order valence-corrected chi connectivity index (χ4v) is 2.71. The summed E-state index contributed by atoms with van der Waals surface area (Å²) in [7, 11) is 0. The second-order valence-electron chi connectivity index (χ2n) is 5.35. The van der Waals surface area contributed by atoms with Crippen molar-refractivity contribution in [2.75, 3.05) is 13.1 Å². The van der Waals surface area contributed by atoms with Gasteiger partial charge < -0.3 is 4.90 Å². The Morgan fingerprint density at radius 3 is 2.25 bits per heavy atom. The summed E-state index contributed by atoms with van der Waals surface area (Å²) in [6.45, 7) is 3.55. The van der Waals surface area contributed by atoms with E-state index in [1.165, 1.54) is 12.8 Å². The van der Waals surface area contributed by atoms with Gasteiger partial charge in [0.1, 0.15) is 5.69 Å². The monoisotopic (exact) mass is 269 g/mol. The summed E-state index contributed by atoms with van der Waals surface area (Å²) < 4.78 is 0. The van der Waals surface area contributed by atoms with Gasteiger partial charge in [0.15, 0.2) is 0 Å². The number of fused-ring (bicyclic) bond motifs is 1. The molecule has 0 atom stereocenters. The minimum atomic E-state index is 0.0302. The maximum Gasteiger partial charge on any atom is 0.274 e. The summed E-state index contributed by atoms with van der Waals surface area (Å²) in [6.07, 6.45) is 4.61. The van der Waals surface area contributed by atoms with E-state index in [2.05, 4.69) is 9.97 Å². The first-order valence-corrected chi connectivity index (χ1v) is 7.28. The first-order valence-electron chi connectivity index (χ1n) is 7.28. The van der Waals surface area contributed by atoms with Gasteiger partial charge in [-0.2, -0.15) is 0 Å². The largest absolute Gasteiger partial charge is 0.337 e. The molecule has 2 heterocycles. The third kappa shape index (κ3) is 2.50. The molecule has 0 N–H and O–H groups in total. The van der Waals surface area contributed by atoms with Gasteiger partial charge >= 0.3 is 0 Å². The molecule has 1 aliphatic rings. The highest BCUT2D eigenvalue weighted by molar-refractivity contribution is 5.95. The van der Waals surface area contributed by atoms with Gasteiger partial charge in [-0.3, -0.25) is 4.79 Å². The van der Waals surface area contributed by atoms with Crippen LogP contribution in [0.1, 0.15) is 41.9 Å². The summed E-state index contributed by atoms with van der Waals surface area (Å²) in [5.74, 6) is 0.0302. The number of carbonyl (C=O) groups is 1. The molecule has 104 valence electrons. The molecule has 0 aliphatic carbocycles. The Morgan fingerprint density at radius 2 is 1.60 bits per heavy atom. The van der Waals surface area contributed by atoms with Crippen LogP contribution in [0.4, 0.5) is 0 Å². The van der Waals surface area contributed by atoms with Crippen LogP contribution in [0.2, 0.25) is 0 Å². The Hall–Kier alpha value is -1.97. The lowest BCUT2D eigenvalue weighted by molar-refractivity contribution is 0.0755. The topological polar surface area (TPSA) is 46.1 Å². The van der Waals surface area contributed by atoms with Crippen LogP contribution in [0.3, 0.4) is 0 Å². The molecular weight excluding hydrogens is 250 g/mol. The predicted octanol–water partition coefficient (Wildman–Crippen LogP) is 2.95. The van der Waals surface area contributed by atoms with Crippen molar-refractivity contribution in [3.63, 3.8) is 0 Å². The lowest BCUT2D eigenvalue weighted by Gasteiger charge is -2.20. The molecule has 1 aromatic heterocycles. The Morgan fingerprint density at radius 1 is 1.00 bits per heavy atom. The third-order valence-corrected chi connectivity index (χ3v) is 3.84. The molecule has 3 rings (SSSR count). The number of para-hydroxylation sites is 2. The van der Waals surface area contributed by atoms with E-state index in [0.29, 0.717) is 5.69 Å². The van der Waals surface area contributed by atoms with Crippen LogP contribution in [0.25, 0.3) is 11.0 Å². The van der Waals surface area contributed by atoms with Crippen molar-refractivity contribution in [2.24, 2.45) is 0 Å². The van der Waals surface area contributed by atoms with Crippen molar-refractivity contribution in [3.8, 4) is 0 Å². The first kappa shape index (κ1) is 13.0. The Labute approximate surface area is 118 Å². The number of amides is 1. The number of nitrogens with zero attached hydrogens (tertiary/aromatic N) is 3. The van der Waals surface area contributed by atoms with Crippen LogP contribution in [-0.2, 0) is 0 Å². The highest BCUT2D eigenvalue weighted by atomic mass is 16.2. The van der Waals surface area contributed by atoms with E-state index in [-0.39, 0.29) is 5.91 Å². The van der Waals surface area contributed by atoms with Crippen molar-refractivity contribution in [1.29, 1.82) is 0 Å². The second kappa shape index (κ2) is 5.57. The number of hydrogen-bond donors (Lipinski definition) is 0. The van der Waals surface area contributed by atoms with E-state index in [9.17, 15) is 4.79 Å². The van der Waals surface area contributed by atoms with E-state index in [4.69, 9.17) is 0 Å². The fraction of sp³-hybridized carbons (Fsp3) is 0.438. The quantitative estimate of drug-likeness (QED) is 0.799. The molecule has 2 aromatic rings. The Kier molecular flexibility index (Phi) is 3.63. The highest BCUT2D eigenvalue weighted by Crippen LogP contribution is 2.16. The molecule has 1 saturated heterocycles. The summed E-state index contributed by atoms with van der Waals surface area (Å²) >= 11 is 0.